The Bertz CT molecular complexity index is 574. The molecule has 0 aliphatic heterocycles. The summed E-state index contributed by atoms with van der Waals surface area (Å²) in [5.41, 5.74) is 1.33. The van der Waals surface area contributed by atoms with Gasteiger partial charge in [0, 0.05) is 0 Å². The molecule has 0 amide bonds. The molecule has 19 heavy (non-hydrogen) atoms. The maximum atomic E-state index is 10.8. The summed E-state index contributed by atoms with van der Waals surface area (Å²) in [6.07, 6.45) is 3.85. The minimum Gasteiger partial charge on any atom is -0.490 e. The highest BCUT2D eigenvalue weighted by Crippen LogP contribution is 2.13. The number of ether oxygens (including phenoxy) is 1. The number of hydrogen-bond acceptors (Lipinski definition) is 2. The van der Waals surface area contributed by atoms with Gasteiger partial charge in [-0.05, 0) is 29.8 Å². The predicted octanol–water partition coefficient (Wildman–Crippen LogP) is 3.48. The van der Waals surface area contributed by atoms with Gasteiger partial charge in [0.1, 0.15) is 12.4 Å². The summed E-state index contributed by atoms with van der Waals surface area (Å²) in [6.45, 7) is 0.401. The second-order valence-electron chi connectivity index (χ2n) is 3.96. The summed E-state index contributed by atoms with van der Waals surface area (Å²) < 4.78 is 5.47. The highest BCUT2D eigenvalue weighted by molar-refractivity contribution is 5.87. The molecule has 0 aromatic heterocycles. The van der Waals surface area contributed by atoms with Crippen molar-refractivity contribution in [3.63, 3.8) is 0 Å². The van der Waals surface area contributed by atoms with Crippen LogP contribution < -0.4 is 4.74 Å². The van der Waals surface area contributed by atoms with Crippen molar-refractivity contribution in [3.05, 3.63) is 71.8 Å². The molecule has 2 rings (SSSR count). The normalized spacial score (nSPS) is 10.5. The third kappa shape index (κ3) is 4.00. The van der Waals surface area contributed by atoms with Crippen LogP contribution in [0.3, 0.4) is 0 Å². The summed E-state index contributed by atoms with van der Waals surface area (Å²) in [4.78, 5) is 10.8. The van der Waals surface area contributed by atoms with E-state index in [1.165, 1.54) is 12.1 Å². The molecular weight excluding hydrogens is 240 g/mol. The van der Waals surface area contributed by atoms with Gasteiger partial charge < -0.3 is 9.84 Å². The Labute approximate surface area is 111 Å². The van der Waals surface area contributed by atoms with Crippen LogP contribution in [0.1, 0.15) is 15.9 Å². The zero-order valence-corrected chi connectivity index (χ0v) is 10.3. The van der Waals surface area contributed by atoms with Gasteiger partial charge in [-0.1, -0.05) is 42.5 Å². The van der Waals surface area contributed by atoms with E-state index in [-0.39, 0.29) is 5.56 Å². The van der Waals surface area contributed by atoms with Gasteiger partial charge in [0.25, 0.3) is 0 Å². The first-order valence-electron chi connectivity index (χ1n) is 5.93. The van der Waals surface area contributed by atoms with Crippen LogP contribution in [0.15, 0.2) is 60.7 Å². The highest BCUT2D eigenvalue weighted by Gasteiger charge is 2.02. The van der Waals surface area contributed by atoms with E-state index in [0.717, 1.165) is 5.56 Å². The summed E-state index contributed by atoms with van der Waals surface area (Å²) in [6, 6.07) is 16.4. The van der Waals surface area contributed by atoms with E-state index in [2.05, 4.69) is 0 Å². The van der Waals surface area contributed by atoms with Crippen molar-refractivity contribution >= 4 is 12.0 Å². The SMILES string of the molecule is O=C(O)c1cccc(OC/C=C/c2ccccc2)c1. The van der Waals surface area contributed by atoms with Gasteiger partial charge in [0.15, 0.2) is 0 Å². The second kappa shape index (κ2) is 6.40. The van der Waals surface area contributed by atoms with Gasteiger partial charge in [-0.25, -0.2) is 4.79 Å². The lowest BCUT2D eigenvalue weighted by molar-refractivity contribution is 0.0696. The van der Waals surface area contributed by atoms with E-state index >= 15 is 0 Å². The van der Waals surface area contributed by atoms with Crippen LogP contribution in [0, 0.1) is 0 Å². The molecule has 0 fully saturated rings. The molecule has 0 heterocycles. The lowest BCUT2D eigenvalue weighted by atomic mass is 10.2. The predicted molar refractivity (Wildman–Crippen MR) is 74.4 cm³/mol. The molecule has 0 spiro atoms. The number of rotatable bonds is 5. The fourth-order valence-corrected chi connectivity index (χ4v) is 1.61. The number of aromatic carboxylic acids is 1. The van der Waals surface area contributed by atoms with Crippen LogP contribution in [-0.2, 0) is 0 Å². The zero-order chi connectivity index (χ0) is 13.5. The molecular formula is C16H14O3. The number of carboxylic acids is 1. The van der Waals surface area contributed by atoms with Gasteiger partial charge in [-0.2, -0.15) is 0 Å². The Morgan fingerprint density at radius 2 is 1.89 bits per heavy atom. The molecule has 3 nitrogen and oxygen atoms in total. The minimum absolute atomic E-state index is 0.226. The maximum Gasteiger partial charge on any atom is 0.335 e. The lowest BCUT2D eigenvalue weighted by Gasteiger charge is -2.03. The molecule has 0 aliphatic carbocycles. The number of carboxylic acid groups (broad SMARTS) is 1. The van der Waals surface area contributed by atoms with Crippen molar-refractivity contribution in [2.24, 2.45) is 0 Å². The van der Waals surface area contributed by atoms with Crippen molar-refractivity contribution in [2.75, 3.05) is 6.61 Å². The van der Waals surface area contributed by atoms with Crippen LogP contribution in [0.5, 0.6) is 5.75 Å². The molecule has 0 radical (unpaired) electrons. The average molecular weight is 254 g/mol. The van der Waals surface area contributed by atoms with E-state index in [9.17, 15) is 4.79 Å². The Kier molecular flexibility index (Phi) is 4.34. The van der Waals surface area contributed by atoms with E-state index in [4.69, 9.17) is 9.84 Å². The van der Waals surface area contributed by atoms with Gasteiger partial charge in [-0.15, -0.1) is 0 Å². The zero-order valence-electron chi connectivity index (χ0n) is 10.3. The molecule has 0 saturated carbocycles. The summed E-state index contributed by atoms with van der Waals surface area (Å²) in [5.74, 6) is -0.400. The fraction of sp³-hybridized carbons (Fsp3) is 0.0625. The summed E-state index contributed by atoms with van der Waals surface area (Å²) >= 11 is 0. The van der Waals surface area contributed by atoms with E-state index in [0.29, 0.717) is 12.4 Å². The van der Waals surface area contributed by atoms with Crippen LogP contribution in [0.25, 0.3) is 6.08 Å². The fourth-order valence-electron chi connectivity index (χ4n) is 1.61. The summed E-state index contributed by atoms with van der Waals surface area (Å²) in [7, 11) is 0. The minimum atomic E-state index is -0.953. The molecule has 0 bridgehead atoms. The molecule has 3 heteroatoms. The standard InChI is InChI=1S/C16H14O3/c17-16(18)14-9-4-10-15(12-14)19-11-5-8-13-6-2-1-3-7-13/h1-10,12H,11H2,(H,17,18)/b8-5+. The Morgan fingerprint density at radius 1 is 1.11 bits per heavy atom. The van der Waals surface area contributed by atoms with Crippen LogP contribution in [-0.4, -0.2) is 17.7 Å². The van der Waals surface area contributed by atoms with E-state index < -0.39 is 5.97 Å². The Balaban J connectivity index is 1.91. The summed E-state index contributed by atoms with van der Waals surface area (Å²) in [5, 5.41) is 8.86. The van der Waals surface area contributed by atoms with Crippen molar-refractivity contribution in [3.8, 4) is 5.75 Å². The van der Waals surface area contributed by atoms with E-state index in [1.54, 1.807) is 12.1 Å². The second-order valence-corrected chi connectivity index (χ2v) is 3.96. The van der Waals surface area contributed by atoms with Gasteiger partial charge >= 0.3 is 5.97 Å². The topological polar surface area (TPSA) is 46.5 Å². The smallest absolute Gasteiger partial charge is 0.335 e. The first-order chi connectivity index (χ1) is 9.25. The van der Waals surface area contributed by atoms with Gasteiger partial charge in [0.05, 0.1) is 5.56 Å². The molecule has 0 unspecified atom stereocenters. The Hall–Kier alpha value is -2.55. The number of hydrogen-bond donors (Lipinski definition) is 1. The monoisotopic (exact) mass is 254 g/mol. The quantitative estimate of drug-likeness (QED) is 0.888. The van der Waals surface area contributed by atoms with Crippen molar-refractivity contribution in [2.45, 2.75) is 0 Å². The lowest BCUT2D eigenvalue weighted by Crippen LogP contribution is -1.98. The largest absolute Gasteiger partial charge is 0.490 e. The third-order valence-corrected chi connectivity index (χ3v) is 2.54. The number of carbonyl (C=O) groups is 1. The van der Waals surface area contributed by atoms with Gasteiger partial charge in [0.2, 0.25) is 0 Å². The molecule has 1 N–H and O–H groups in total. The third-order valence-electron chi connectivity index (χ3n) is 2.54. The van der Waals surface area contributed by atoms with Gasteiger partial charge in [-0.3, -0.25) is 0 Å². The molecule has 96 valence electrons. The first kappa shape index (κ1) is 12.9. The maximum absolute atomic E-state index is 10.8. The Morgan fingerprint density at radius 3 is 2.63 bits per heavy atom. The van der Waals surface area contributed by atoms with Crippen molar-refractivity contribution in [1.29, 1.82) is 0 Å². The molecule has 2 aromatic carbocycles. The van der Waals surface area contributed by atoms with Crippen molar-refractivity contribution in [1.82, 2.24) is 0 Å². The molecule has 0 saturated heterocycles. The highest BCUT2D eigenvalue weighted by atomic mass is 16.5. The first-order valence-corrected chi connectivity index (χ1v) is 5.93. The van der Waals surface area contributed by atoms with Crippen LogP contribution in [0.4, 0.5) is 0 Å². The average Bonchev–Trinajstić information content (AvgIpc) is 2.45. The van der Waals surface area contributed by atoms with Crippen LogP contribution in [0.2, 0.25) is 0 Å². The molecule has 2 aromatic rings. The van der Waals surface area contributed by atoms with E-state index in [1.807, 2.05) is 42.5 Å². The molecule has 0 atom stereocenters. The van der Waals surface area contributed by atoms with Crippen LogP contribution >= 0.6 is 0 Å². The molecule has 0 aliphatic rings. The number of benzene rings is 2. The van der Waals surface area contributed by atoms with Crippen molar-refractivity contribution < 1.29 is 14.6 Å².